The summed E-state index contributed by atoms with van der Waals surface area (Å²) in [6.45, 7) is 0. The molecule has 0 saturated heterocycles. The summed E-state index contributed by atoms with van der Waals surface area (Å²) in [6.07, 6.45) is 5.75. The molecule has 1 aromatic rings. The second-order valence-corrected chi connectivity index (χ2v) is 5.16. The maximum atomic E-state index is 9.46. The van der Waals surface area contributed by atoms with Gasteiger partial charge in [0.05, 0.1) is 0 Å². The number of ether oxygens (including phenoxy) is 1. The Morgan fingerprint density at radius 2 is 1.86 bits per heavy atom. The fourth-order valence-electron chi connectivity index (χ4n) is 1.87. The molecule has 0 fully saturated rings. The van der Waals surface area contributed by atoms with Gasteiger partial charge in [0.25, 0.3) is 0 Å². The van der Waals surface area contributed by atoms with Gasteiger partial charge in [0.15, 0.2) is 5.05 Å². The zero-order chi connectivity index (χ0) is 15.3. The lowest BCUT2D eigenvalue weighted by atomic mass is 9.89. The van der Waals surface area contributed by atoms with Crippen LogP contribution in [0.2, 0.25) is 0 Å². The Morgan fingerprint density at radius 1 is 1.19 bits per heavy atom. The van der Waals surface area contributed by atoms with Crippen LogP contribution < -0.4 is 0 Å². The molecule has 0 amide bonds. The van der Waals surface area contributed by atoms with Gasteiger partial charge in [-0.05, 0) is 12.2 Å². The van der Waals surface area contributed by atoms with Gasteiger partial charge < -0.3 is 4.74 Å². The van der Waals surface area contributed by atoms with E-state index in [0.29, 0.717) is 22.4 Å². The van der Waals surface area contributed by atoms with Gasteiger partial charge in [0, 0.05) is 22.4 Å². The summed E-state index contributed by atoms with van der Waals surface area (Å²) >= 11 is 10.4. The van der Waals surface area contributed by atoms with Crippen molar-refractivity contribution in [3.05, 3.63) is 59.7 Å². The summed E-state index contributed by atoms with van der Waals surface area (Å²) in [4.78, 5) is 0.511. The van der Waals surface area contributed by atoms with E-state index in [1.54, 1.807) is 36.4 Å². The summed E-state index contributed by atoms with van der Waals surface area (Å²) in [6, 6.07) is 12.8. The van der Waals surface area contributed by atoms with Crippen LogP contribution in [0.15, 0.2) is 54.1 Å². The van der Waals surface area contributed by atoms with Crippen molar-refractivity contribution in [2.24, 2.45) is 0 Å². The molecule has 0 saturated carbocycles. The second-order valence-electron chi connectivity index (χ2n) is 4.30. The smallest absolute Gasteiger partial charge is 0.307 e. The Kier molecular flexibility index (Phi) is 4.59. The van der Waals surface area contributed by atoms with E-state index in [-0.39, 0.29) is 5.05 Å². The first-order valence-corrected chi connectivity index (χ1v) is 6.96. The van der Waals surface area contributed by atoms with E-state index < -0.39 is 5.60 Å². The van der Waals surface area contributed by atoms with Crippen LogP contribution in [0, 0.1) is 22.7 Å². The minimum atomic E-state index is -1.81. The standard InChI is InChI=1S/C16H10N2OS2/c17-10-16(11-18,13-8-4-5-9-14(13)20)19-15(21)12-6-2-1-3-7-12/h1-8H,9H2. The highest BCUT2D eigenvalue weighted by Gasteiger charge is 2.40. The van der Waals surface area contributed by atoms with E-state index in [0.717, 1.165) is 0 Å². The van der Waals surface area contributed by atoms with E-state index in [1.165, 1.54) is 0 Å². The predicted molar refractivity (Wildman–Crippen MR) is 87.6 cm³/mol. The minimum absolute atomic E-state index is 0.0944. The van der Waals surface area contributed by atoms with Crippen LogP contribution in [0.1, 0.15) is 12.0 Å². The van der Waals surface area contributed by atoms with Crippen LogP contribution in [-0.4, -0.2) is 15.5 Å². The Hall–Kier alpha value is -2.34. The lowest BCUT2D eigenvalue weighted by Crippen LogP contribution is -2.37. The molecule has 0 unspecified atom stereocenters. The molecule has 3 nitrogen and oxygen atoms in total. The highest BCUT2D eigenvalue weighted by atomic mass is 32.1. The molecule has 5 heteroatoms. The van der Waals surface area contributed by atoms with Gasteiger partial charge in [-0.2, -0.15) is 10.5 Å². The summed E-state index contributed by atoms with van der Waals surface area (Å²) in [7, 11) is 0. The lowest BCUT2D eigenvalue weighted by Gasteiger charge is -2.25. The number of hydrogen-bond donors (Lipinski definition) is 0. The molecule has 102 valence electrons. The van der Waals surface area contributed by atoms with E-state index in [9.17, 15) is 10.5 Å². The molecule has 0 spiro atoms. The van der Waals surface area contributed by atoms with Crippen molar-refractivity contribution in [3.63, 3.8) is 0 Å². The number of hydrogen-bond acceptors (Lipinski definition) is 5. The highest BCUT2D eigenvalue weighted by Crippen LogP contribution is 2.27. The number of rotatable bonds is 3. The van der Waals surface area contributed by atoms with E-state index in [2.05, 4.69) is 0 Å². The fraction of sp³-hybridized carbons (Fsp3) is 0.125. The normalized spacial score (nSPS) is 13.8. The lowest BCUT2D eigenvalue weighted by molar-refractivity contribution is 0.224. The van der Waals surface area contributed by atoms with E-state index in [4.69, 9.17) is 29.2 Å². The fourth-order valence-corrected chi connectivity index (χ4v) is 2.44. The van der Waals surface area contributed by atoms with Crippen LogP contribution in [0.3, 0.4) is 0 Å². The van der Waals surface area contributed by atoms with Gasteiger partial charge in [-0.15, -0.1) is 0 Å². The molecular formula is C16H10N2OS2. The van der Waals surface area contributed by atoms with Crippen LogP contribution in [-0.2, 0) is 4.74 Å². The van der Waals surface area contributed by atoms with E-state index in [1.807, 2.05) is 24.3 Å². The molecule has 1 aliphatic carbocycles. The Bertz CT molecular complexity index is 707. The van der Waals surface area contributed by atoms with Gasteiger partial charge in [0.1, 0.15) is 12.1 Å². The Morgan fingerprint density at radius 3 is 2.43 bits per heavy atom. The molecule has 0 aliphatic heterocycles. The number of nitrogens with zero attached hydrogens (tertiary/aromatic N) is 2. The molecule has 2 rings (SSSR count). The third-order valence-electron chi connectivity index (χ3n) is 2.95. The molecule has 0 aromatic heterocycles. The largest absolute Gasteiger partial charge is 0.444 e. The van der Waals surface area contributed by atoms with Crippen molar-refractivity contribution < 1.29 is 4.74 Å². The van der Waals surface area contributed by atoms with Crippen molar-refractivity contribution >= 4 is 34.4 Å². The van der Waals surface area contributed by atoms with Crippen molar-refractivity contribution in [1.82, 2.24) is 0 Å². The first kappa shape index (κ1) is 15.1. The summed E-state index contributed by atoms with van der Waals surface area (Å²) < 4.78 is 5.55. The van der Waals surface area contributed by atoms with Crippen molar-refractivity contribution in [3.8, 4) is 12.1 Å². The summed E-state index contributed by atoms with van der Waals surface area (Å²) in [5.74, 6) is 0. The van der Waals surface area contributed by atoms with Crippen LogP contribution in [0.25, 0.3) is 0 Å². The maximum absolute atomic E-state index is 9.46. The third kappa shape index (κ3) is 3.05. The average molecular weight is 310 g/mol. The molecule has 0 radical (unpaired) electrons. The minimum Gasteiger partial charge on any atom is -0.444 e. The van der Waals surface area contributed by atoms with Crippen LogP contribution in [0.5, 0.6) is 0 Å². The molecule has 21 heavy (non-hydrogen) atoms. The molecule has 0 N–H and O–H groups in total. The van der Waals surface area contributed by atoms with Gasteiger partial charge in [-0.25, -0.2) is 0 Å². The highest BCUT2D eigenvalue weighted by molar-refractivity contribution is 7.81. The number of nitriles is 2. The zero-order valence-electron chi connectivity index (χ0n) is 10.9. The average Bonchev–Trinajstić information content (AvgIpc) is 2.54. The SMILES string of the molecule is N#CC(C#N)(OC(=S)c1ccccc1)C1=CC=CCC1=S. The first-order chi connectivity index (χ1) is 10.1. The van der Waals surface area contributed by atoms with Crippen LogP contribution in [0.4, 0.5) is 0 Å². The second kappa shape index (κ2) is 6.41. The topological polar surface area (TPSA) is 56.8 Å². The Balaban J connectivity index is 2.37. The molecule has 1 aliphatic rings. The number of allylic oxidation sites excluding steroid dienone is 3. The van der Waals surface area contributed by atoms with E-state index >= 15 is 0 Å². The van der Waals surface area contributed by atoms with Crippen molar-refractivity contribution in [2.45, 2.75) is 12.0 Å². The Labute approximate surface area is 133 Å². The molecule has 0 bridgehead atoms. The molecule has 0 atom stereocenters. The first-order valence-electron chi connectivity index (χ1n) is 6.14. The molecular weight excluding hydrogens is 300 g/mol. The number of benzene rings is 1. The number of thiocarbonyl (C=S) groups is 2. The van der Waals surface area contributed by atoms with Crippen molar-refractivity contribution in [1.29, 1.82) is 10.5 Å². The van der Waals surface area contributed by atoms with Gasteiger partial charge in [-0.3, -0.25) is 0 Å². The van der Waals surface area contributed by atoms with Crippen LogP contribution >= 0.6 is 24.4 Å². The predicted octanol–water partition coefficient (Wildman–Crippen LogP) is 3.42. The van der Waals surface area contributed by atoms with Gasteiger partial charge in [-0.1, -0.05) is 60.8 Å². The summed E-state index contributed by atoms with van der Waals surface area (Å²) in [5.41, 5.74) is -0.794. The molecule has 0 heterocycles. The molecule has 1 aromatic carbocycles. The maximum Gasteiger partial charge on any atom is 0.307 e. The summed E-state index contributed by atoms with van der Waals surface area (Å²) in [5, 5.41) is 19.0. The van der Waals surface area contributed by atoms with Crippen molar-refractivity contribution in [2.75, 3.05) is 0 Å². The van der Waals surface area contributed by atoms with Gasteiger partial charge >= 0.3 is 5.60 Å². The monoisotopic (exact) mass is 310 g/mol. The third-order valence-corrected chi connectivity index (χ3v) is 3.66. The van der Waals surface area contributed by atoms with Gasteiger partial charge in [0.2, 0.25) is 0 Å². The zero-order valence-corrected chi connectivity index (χ0v) is 12.6. The quantitative estimate of drug-likeness (QED) is 0.801.